The first-order chi connectivity index (χ1) is 13.0. The van der Waals surface area contributed by atoms with E-state index in [2.05, 4.69) is 16.1 Å². The Hall–Kier alpha value is -1.64. The van der Waals surface area contributed by atoms with Crippen LogP contribution in [0.5, 0.6) is 0 Å². The fourth-order valence-electron chi connectivity index (χ4n) is 4.46. The number of aryl methyl sites for hydroxylation is 2. The molecule has 0 saturated carbocycles. The van der Waals surface area contributed by atoms with E-state index in [9.17, 15) is 13.2 Å². The molecule has 7 nitrogen and oxygen atoms in total. The number of nitrogens with zero attached hydrogens (tertiary/aromatic N) is 1. The van der Waals surface area contributed by atoms with Gasteiger partial charge < -0.3 is 10.1 Å². The van der Waals surface area contributed by atoms with Gasteiger partial charge in [0.15, 0.2) is 0 Å². The van der Waals surface area contributed by atoms with E-state index in [0.29, 0.717) is 26.3 Å². The normalized spacial score (nSPS) is 20.8. The van der Waals surface area contributed by atoms with Gasteiger partial charge in [-0.2, -0.15) is 0 Å². The van der Waals surface area contributed by atoms with Gasteiger partial charge in [0, 0.05) is 18.8 Å². The van der Waals surface area contributed by atoms with Gasteiger partial charge in [-0.1, -0.05) is 6.07 Å². The van der Waals surface area contributed by atoms with Crippen molar-refractivity contribution in [2.24, 2.45) is 0 Å². The Morgan fingerprint density at radius 1 is 1.07 bits per heavy atom. The molecule has 27 heavy (non-hydrogen) atoms. The predicted molar refractivity (Wildman–Crippen MR) is 103 cm³/mol. The molecule has 4 rings (SSSR count). The Morgan fingerprint density at radius 2 is 1.67 bits per heavy atom. The number of rotatable bonds is 4. The Balaban J connectivity index is 1.50. The molecule has 1 aliphatic heterocycles. The molecule has 0 spiro atoms. The Bertz CT molecular complexity index is 815. The average molecular weight is 394 g/mol. The van der Waals surface area contributed by atoms with Crippen molar-refractivity contribution in [1.29, 1.82) is 0 Å². The lowest BCUT2D eigenvalue weighted by atomic mass is 9.99. The van der Waals surface area contributed by atoms with Crippen LogP contribution >= 0.6 is 0 Å². The topological polar surface area (TPSA) is 87.7 Å². The fourth-order valence-corrected chi connectivity index (χ4v) is 5.54. The van der Waals surface area contributed by atoms with Crippen LogP contribution in [0.1, 0.15) is 42.0 Å². The summed E-state index contributed by atoms with van der Waals surface area (Å²) in [6.45, 7) is 3.72. The summed E-state index contributed by atoms with van der Waals surface area (Å²) in [6.07, 6.45) is 6.11. The molecule has 1 fully saturated rings. The number of fused-ring (bicyclic) bond motifs is 2. The van der Waals surface area contributed by atoms with Gasteiger partial charge in [-0.15, -0.1) is 0 Å². The van der Waals surface area contributed by atoms with Gasteiger partial charge in [-0.05, 0) is 67.7 Å². The molecule has 2 aliphatic carbocycles. The molecule has 2 amide bonds. The zero-order valence-electron chi connectivity index (χ0n) is 15.7. The first-order valence-electron chi connectivity index (χ1n) is 9.76. The van der Waals surface area contributed by atoms with Crippen molar-refractivity contribution in [2.75, 3.05) is 31.6 Å². The van der Waals surface area contributed by atoms with Gasteiger partial charge in [-0.3, -0.25) is 4.90 Å². The first-order valence-corrected chi connectivity index (χ1v) is 11.3. The number of morpholine rings is 1. The number of nitrogens with one attached hydrogen (secondary N) is 2. The minimum absolute atomic E-state index is 0.508. The number of amides is 2. The highest BCUT2D eigenvalue weighted by Gasteiger charge is 2.31. The van der Waals surface area contributed by atoms with Crippen LogP contribution in [0.25, 0.3) is 0 Å². The summed E-state index contributed by atoms with van der Waals surface area (Å²) in [5.74, 6) is 0. The second kappa shape index (κ2) is 7.41. The molecule has 1 heterocycles. The lowest BCUT2D eigenvalue weighted by molar-refractivity contribution is 0.0335. The fraction of sp³-hybridized carbons (Fsp3) is 0.632. The highest BCUT2D eigenvalue weighted by atomic mass is 32.2. The number of hydrogen-bond acceptors (Lipinski definition) is 5. The molecular weight excluding hydrogens is 366 g/mol. The lowest BCUT2D eigenvalue weighted by Crippen LogP contribution is -2.51. The summed E-state index contributed by atoms with van der Waals surface area (Å²) in [6, 6.07) is 1.62. The van der Waals surface area contributed by atoms with Gasteiger partial charge in [0.25, 0.3) is 10.0 Å². The lowest BCUT2D eigenvalue weighted by Gasteiger charge is -2.31. The smallest absolute Gasteiger partial charge is 0.332 e. The summed E-state index contributed by atoms with van der Waals surface area (Å²) in [7, 11) is -3.80. The van der Waals surface area contributed by atoms with E-state index in [1.54, 1.807) is 6.92 Å². The molecule has 0 bridgehead atoms. The molecule has 0 radical (unpaired) electrons. The summed E-state index contributed by atoms with van der Waals surface area (Å²) in [4.78, 5) is 14.4. The average Bonchev–Trinajstić information content (AvgIpc) is 3.30. The minimum Gasteiger partial charge on any atom is -0.379 e. The number of sulfonamides is 1. The maximum Gasteiger partial charge on any atom is 0.332 e. The van der Waals surface area contributed by atoms with E-state index < -0.39 is 21.4 Å². The van der Waals surface area contributed by atoms with Crippen LogP contribution in [0.3, 0.4) is 0 Å². The predicted octanol–water partition coefficient (Wildman–Crippen LogP) is 1.79. The quantitative estimate of drug-likeness (QED) is 0.814. The largest absolute Gasteiger partial charge is 0.379 e. The van der Waals surface area contributed by atoms with Crippen LogP contribution in [0, 0.1) is 0 Å². The third-order valence-corrected chi connectivity index (χ3v) is 7.62. The van der Waals surface area contributed by atoms with Crippen LogP contribution < -0.4 is 10.0 Å². The Morgan fingerprint density at radius 3 is 2.26 bits per heavy atom. The molecule has 1 aromatic carbocycles. The summed E-state index contributed by atoms with van der Waals surface area (Å²) < 4.78 is 32.8. The van der Waals surface area contributed by atoms with E-state index in [1.165, 1.54) is 22.3 Å². The van der Waals surface area contributed by atoms with Crippen molar-refractivity contribution < 1.29 is 17.9 Å². The van der Waals surface area contributed by atoms with Crippen LogP contribution in [-0.2, 0) is 40.4 Å². The standard InChI is InChI=1S/C19H27N3O4S/c1-13(22-8-10-26-11-9-22)27(24,25)21-19(23)20-18-16-6-2-4-14(16)12-15-5-3-7-17(15)18/h12-13H,2-11H2,1H3,(H2,20,21,23). The van der Waals surface area contributed by atoms with Gasteiger partial charge in [0.05, 0.1) is 13.2 Å². The number of hydrogen-bond donors (Lipinski definition) is 2. The highest BCUT2D eigenvalue weighted by molar-refractivity contribution is 7.90. The Kier molecular flexibility index (Phi) is 5.13. The molecule has 148 valence electrons. The highest BCUT2D eigenvalue weighted by Crippen LogP contribution is 2.38. The van der Waals surface area contributed by atoms with E-state index in [-0.39, 0.29) is 0 Å². The summed E-state index contributed by atoms with van der Waals surface area (Å²) >= 11 is 0. The van der Waals surface area contributed by atoms with Gasteiger partial charge >= 0.3 is 6.03 Å². The third kappa shape index (κ3) is 3.70. The van der Waals surface area contributed by atoms with Crippen molar-refractivity contribution in [3.63, 3.8) is 0 Å². The maximum absolute atomic E-state index is 12.6. The van der Waals surface area contributed by atoms with Crippen LogP contribution in [0.2, 0.25) is 0 Å². The van der Waals surface area contributed by atoms with Crippen LogP contribution in [0.4, 0.5) is 10.5 Å². The maximum atomic E-state index is 12.6. The van der Waals surface area contributed by atoms with E-state index in [1.807, 2.05) is 4.90 Å². The molecular formula is C19H27N3O4S. The molecule has 2 N–H and O–H groups in total. The van der Waals surface area contributed by atoms with Crippen LogP contribution in [0.15, 0.2) is 6.07 Å². The molecule has 1 saturated heterocycles. The second-order valence-corrected chi connectivity index (χ2v) is 9.56. The zero-order valence-corrected chi connectivity index (χ0v) is 16.5. The molecule has 1 aromatic rings. The molecule has 3 aliphatic rings. The summed E-state index contributed by atoms with van der Waals surface area (Å²) in [5.41, 5.74) is 5.82. The van der Waals surface area contributed by atoms with E-state index >= 15 is 0 Å². The number of benzene rings is 1. The Labute approximate surface area is 160 Å². The van der Waals surface area contributed by atoms with E-state index in [0.717, 1.165) is 44.2 Å². The van der Waals surface area contributed by atoms with Crippen molar-refractivity contribution in [3.8, 4) is 0 Å². The first kappa shape index (κ1) is 18.7. The molecule has 1 atom stereocenters. The van der Waals surface area contributed by atoms with Crippen molar-refractivity contribution >= 4 is 21.7 Å². The number of urea groups is 1. The van der Waals surface area contributed by atoms with Crippen molar-refractivity contribution in [1.82, 2.24) is 9.62 Å². The monoisotopic (exact) mass is 393 g/mol. The van der Waals surface area contributed by atoms with Gasteiger partial charge in [-0.25, -0.2) is 17.9 Å². The van der Waals surface area contributed by atoms with Crippen molar-refractivity contribution in [2.45, 2.75) is 50.8 Å². The zero-order chi connectivity index (χ0) is 19.0. The number of carbonyl (C=O) groups excluding carboxylic acids is 1. The summed E-state index contributed by atoms with van der Waals surface area (Å²) in [5, 5.41) is 2.11. The second-order valence-electron chi connectivity index (χ2n) is 7.58. The SMILES string of the molecule is CC(N1CCOCC1)S(=O)(=O)NC(=O)Nc1c2c(cc3c1CCC3)CCC2. The number of anilines is 1. The molecule has 1 unspecified atom stereocenters. The van der Waals surface area contributed by atoms with Gasteiger partial charge in [0.1, 0.15) is 5.37 Å². The molecule has 0 aromatic heterocycles. The third-order valence-electron chi connectivity index (χ3n) is 5.96. The van der Waals surface area contributed by atoms with Gasteiger partial charge in [0.2, 0.25) is 0 Å². The number of carbonyl (C=O) groups is 1. The minimum atomic E-state index is -3.80. The molecule has 8 heteroatoms. The van der Waals surface area contributed by atoms with E-state index in [4.69, 9.17) is 4.74 Å². The number of ether oxygens (including phenoxy) is 1. The van der Waals surface area contributed by atoms with Crippen LogP contribution in [-0.4, -0.2) is 51.0 Å². The van der Waals surface area contributed by atoms with Crippen molar-refractivity contribution in [3.05, 3.63) is 28.3 Å².